The summed E-state index contributed by atoms with van der Waals surface area (Å²) in [7, 11) is 1.50. The number of esters is 1. The van der Waals surface area contributed by atoms with Crippen LogP contribution in [-0.4, -0.2) is 52.4 Å². The molecule has 144 valence electrons. The van der Waals surface area contributed by atoms with E-state index in [1.54, 1.807) is 47.6 Å². The van der Waals surface area contributed by atoms with E-state index in [9.17, 15) is 4.79 Å². The zero-order chi connectivity index (χ0) is 19.4. The standard InChI is InChI=1S/C19H22N2O5S/c1-12-13(2)24-18(23-3)16(25-17(22)14-7-5-4-6-8-14)15(12)26-19(27)21-10-9-20-11-21/h4-13,15-16,18H,1-3H3/t12-,13+,15-,16+,18-/m1/s1. The minimum Gasteiger partial charge on any atom is -0.463 e. The number of hydrogen-bond acceptors (Lipinski definition) is 7. The highest BCUT2D eigenvalue weighted by atomic mass is 32.1. The van der Waals surface area contributed by atoms with Gasteiger partial charge in [-0.1, -0.05) is 25.1 Å². The molecular weight excluding hydrogens is 368 g/mol. The van der Waals surface area contributed by atoms with Crippen molar-refractivity contribution in [2.24, 2.45) is 5.92 Å². The lowest BCUT2D eigenvalue weighted by Gasteiger charge is -2.43. The van der Waals surface area contributed by atoms with Crippen LogP contribution < -0.4 is 0 Å². The molecule has 0 unspecified atom stereocenters. The second kappa shape index (κ2) is 8.60. The Bertz CT molecular complexity index is 768. The lowest BCUT2D eigenvalue weighted by atomic mass is 9.91. The van der Waals surface area contributed by atoms with E-state index in [0.29, 0.717) is 5.56 Å². The predicted octanol–water partition coefficient (Wildman–Crippen LogP) is 2.65. The maximum Gasteiger partial charge on any atom is 0.338 e. The second-order valence-electron chi connectivity index (χ2n) is 6.36. The third kappa shape index (κ3) is 4.35. The van der Waals surface area contributed by atoms with Gasteiger partial charge in [0.05, 0.1) is 11.7 Å². The van der Waals surface area contributed by atoms with Crippen molar-refractivity contribution in [1.82, 2.24) is 9.55 Å². The summed E-state index contributed by atoms with van der Waals surface area (Å²) in [5, 5.41) is 0.217. The lowest BCUT2D eigenvalue weighted by Crippen LogP contribution is -2.56. The molecule has 1 saturated heterocycles. The van der Waals surface area contributed by atoms with Gasteiger partial charge in [-0.3, -0.25) is 4.57 Å². The molecule has 1 aromatic carbocycles. The fraction of sp³-hybridized carbons (Fsp3) is 0.421. The summed E-state index contributed by atoms with van der Waals surface area (Å²) in [5.41, 5.74) is 0.439. The van der Waals surface area contributed by atoms with Crippen LogP contribution in [0.4, 0.5) is 0 Å². The second-order valence-corrected chi connectivity index (χ2v) is 6.71. The van der Waals surface area contributed by atoms with Crippen LogP contribution in [0, 0.1) is 5.92 Å². The molecule has 1 aliphatic heterocycles. The topological polar surface area (TPSA) is 71.8 Å². The Kier molecular flexibility index (Phi) is 6.20. The Hall–Kier alpha value is -2.29. The number of benzene rings is 1. The number of imidazole rings is 1. The van der Waals surface area contributed by atoms with Crippen LogP contribution in [0.3, 0.4) is 0 Å². The first-order chi connectivity index (χ1) is 13.0. The largest absolute Gasteiger partial charge is 0.463 e. The Labute approximate surface area is 163 Å². The van der Waals surface area contributed by atoms with E-state index < -0.39 is 24.5 Å². The summed E-state index contributed by atoms with van der Waals surface area (Å²) < 4.78 is 24.6. The number of rotatable bonds is 4. The predicted molar refractivity (Wildman–Crippen MR) is 101 cm³/mol. The van der Waals surface area contributed by atoms with E-state index in [4.69, 9.17) is 31.2 Å². The van der Waals surface area contributed by atoms with Gasteiger partial charge >= 0.3 is 5.97 Å². The summed E-state index contributed by atoms with van der Waals surface area (Å²) >= 11 is 5.36. The first-order valence-corrected chi connectivity index (χ1v) is 9.05. The van der Waals surface area contributed by atoms with Crippen LogP contribution in [0.25, 0.3) is 0 Å². The number of carbonyl (C=O) groups is 1. The summed E-state index contributed by atoms with van der Waals surface area (Å²) in [6.07, 6.45) is 2.59. The van der Waals surface area contributed by atoms with Crippen molar-refractivity contribution in [1.29, 1.82) is 0 Å². The van der Waals surface area contributed by atoms with E-state index >= 15 is 0 Å². The Balaban J connectivity index is 1.83. The van der Waals surface area contributed by atoms with Gasteiger partial charge in [-0.05, 0) is 31.3 Å². The van der Waals surface area contributed by atoms with Crippen LogP contribution in [0.5, 0.6) is 0 Å². The van der Waals surface area contributed by atoms with Gasteiger partial charge in [-0.2, -0.15) is 0 Å². The van der Waals surface area contributed by atoms with Gasteiger partial charge in [0, 0.05) is 25.4 Å². The zero-order valence-electron chi connectivity index (χ0n) is 15.3. The molecule has 2 heterocycles. The van der Waals surface area contributed by atoms with Crippen LogP contribution >= 0.6 is 12.2 Å². The summed E-state index contributed by atoms with van der Waals surface area (Å²) in [6, 6.07) is 8.75. The normalized spacial score (nSPS) is 27.7. The van der Waals surface area contributed by atoms with Crippen molar-refractivity contribution in [2.45, 2.75) is 38.4 Å². The monoisotopic (exact) mass is 390 g/mol. The van der Waals surface area contributed by atoms with Crippen LogP contribution in [0.1, 0.15) is 24.2 Å². The van der Waals surface area contributed by atoms with Gasteiger partial charge in [0.2, 0.25) is 0 Å². The lowest BCUT2D eigenvalue weighted by molar-refractivity contribution is -0.268. The van der Waals surface area contributed by atoms with E-state index in [1.807, 2.05) is 19.9 Å². The molecular formula is C19H22N2O5S. The van der Waals surface area contributed by atoms with Crippen molar-refractivity contribution in [2.75, 3.05) is 7.11 Å². The molecule has 5 atom stereocenters. The van der Waals surface area contributed by atoms with Crippen molar-refractivity contribution < 1.29 is 23.7 Å². The van der Waals surface area contributed by atoms with Crippen molar-refractivity contribution >= 4 is 23.4 Å². The maximum absolute atomic E-state index is 12.6. The SMILES string of the molecule is CO[C@@H]1O[C@@H](C)[C@@H](C)[C@@H](OC(=S)n2ccnc2)[C@@H]1OC(=O)c1ccccc1. The molecule has 0 spiro atoms. The molecule has 1 aliphatic rings. The molecule has 7 nitrogen and oxygen atoms in total. The molecule has 27 heavy (non-hydrogen) atoms. The van der Waals surface area contributed by atoms with Crippen molar-refractivity contribution in [3.05, 3.63) is 54.6 Å². The van der Waals surface area contributed by atoms with Gasteiger partial charge in [-0.15, -0.1) is 0 Å². The van der Waals surface area contributed by atoms with E-state index in [1.165, 1.54) is 7.11 Å². The van der Waals surface area contributed by atoms with E-state index in [0.717, 1.165) is 0 Å². The fourth-order valence-electron chi connectivity index (χ4n) is 2.93. The van der Waals surface area contributed by atoms with Gasteiger partial charge in [-0.25, -0.2) is 9.78 Å². The molecule has 0 N–H and O–H groups in total. The molecule has 1 aromatic heterocycles. The van der Waals surface area contributed by atoms with Gasteiger partial charge in [0.25, 0.3) is 5.17 Å². The smallest absolute Gasteiger partial charge is 0.338 e. The van der Waals surface area contributed by atoms with Gasteiger partial charge in [0.15, 0.2) is 12.4 Å². The third-order valence-electron chi connectivity index (χ3n) is 4.64. The number of ether oxygens (including phenoxy) is 4. The van der Waals surface area contributed by atoms with Crippen LogP contribution in [-0.2, 0) is 18.9 Å². The molecule has 0 bridgehead atoms. The number of methoxy groups -OCH3 is 1. The minimum absolute atomic E-state index is 0.0913. The first kappa shape index (κ1) is 19.5. The average Bonchev–Trinajstić information content (AvgIpc) is 3.22. The van der Waals surface area contributed by atoms with Gasteiger partial charge < -0.3 is 18.9 Å². The molecule has 0 radical (unpaired) electrons. The molecule has 2 aromatic rings. The Morgan fingerprint density at radius 1 is 1.19 bits per heavy atom. The number of nitrogens with zero attached hydrogens (tertiary/aromatic N) is 2. The maximum atomic E-state index is 12.6. The van der Waals surface area contributed by atoms with Crippen molar-refractivity contribution in [3.63, 3.8) is 0 Å². The summed E-state index contributed by atoms with van der Waals surface area (Å²) in [5.74, 6) is -0.568. The highest BCUT2D eigenvalue weighted by molar-refractivity contribution is 7.80. The third-order valence-corrected chi connectivity index (χ3v) is 4.94. The Morgan fingerprint density at radius 3 is 2.56 bits per heavy atom. The van der Waals surface area contributed by atoms with Crippen molar-refractivity contribution in [3.8, 4) is 0 Å². The van der Waals surface area contributed by atoms with Crippen LogP contribution in [0.2, 0.25) is 0 Å². The number of thiocarbonyl (C=S) groups is 1. The fourth-order valence-corrected chi connectivity index (χ4v) is 3.15. The minimum atomic E-state index is -0.782. The van der Waals surface area contributed by atoms with Crippen LogP contribution in [0.15, 0.2) is 49.1 Å². The summed E-state index contributed by atoms with van der Waals surface area (Å²) in [4.78, 5) is 16.6. The Morgan fingerprint density at radius 2 is 1.93 bits per heavy atom. The van der Waals surface area contributed by atoms with Gasteiger partial charge in [0.1, 0.15) is 12.4 Å². The highest BCUT2D eigenvalue weighted by Gasteiger charge is 2.47. The molecule has 0 saturated carbocycles. The first-order valence-electron chi connectivity index (χ1n) is 8.64. The molecule has 0 aliphatic carbocycles. The number of hydrogen-bond donors (Lipinski definition) is 0. The van der Waals surface area contributed by atoms with E-state index in [2.05, 4.69) is 4.98 Å². The number of carbonyl (C=O) groups excluding carboxylic acids is 1. The number of aromatic nitrogens is 2. The highest BCUT2D eigenvalue weighted by Crippen LogP contribution is 2.31. The van der Waals surface area contributed by atoms with E-state index in [-0.39, 0.29) is 17.2 Å². The average molecular weight is 390 g/mol. The molecule has 1 fully saturated rings. The zero-order valence-corrected chi connectivity index (χ0v) is 16.2. The summed E-state index contributed by atoms with van der Waals surface area (Å²) in [6.45, 7) is 3.88. The molecule has 3 rings (SSSR count). The molecule has 8 heteroatoms. The quantitative estimate of drug-likeness (QED) is 0.587. The molecule has 0 amide bonds.